The number of aryl methyl sites for hydroxylation is 4. The van der Waals surface area contributed by atoms with Gasteiger partial charge in [0.2, 0.25) is 0 Å². The van der Waals surface area contributed by atoms with Gasteiger partial charge in [-0.1, -0.05) is 42.5 Å². The molecule has 0 aliphatic rings. The Labute approximate surface area is 216 Å². The van der Waals surface area contributed by atoms with Crippen molar-refractivity contribution in [2.45, 2.75) is 55.4 Å². The van der Waals surface area contributed by atoms with E-state index in [0.717, 1.165) is 45.6 Å². The molecular weight excluding hydrogens is 440 g/mol. The molecule has 0 spiro atoms. The first-order valence-corrected chi connectivity index (χ1v) is 12.4. The van der Waals surface area contributed by atoms with Gasteiger partial charge in [-0.3, -0.25) is 9.98 Å². The maximum absolute atomic E-state index is 4.83. The Morgan fingerprint density at radius 3 is 1.25 bits per heavy atom. The molecule has 4 nitrogen and oxygen atoms in total. The van der Waals surface area contributed by atoms with Gasteiger partial charge in [-0.05, 0) is 108 Å². The third kappa shape index (κ3) is 7.54. The molecule has 0 aliphatic heterocycles. The lowest BCUT2D eigenvalue weighted by molar-refractivity contribution is 1.31. The van der Waals surface area contributed by atoms with E-state index in [1.807, 2.05) is 19.9 Å². The fraction of sp³-hybridized carbons (Fsp3) is 0.250. The lowest BCUT2D eigenvalue weighted by Crippen LogP contribution is -2.01. The molecule has 0 bridgehead atoms. The van der Waals surface area contributed by atoms with Crippen molar-refractivity contribution in [2.75, 3.05) is 10.6 Å². The van der Waals surface area contributed by atoms with Crippen molar-refractivity contribution in [1.82, 2.24) is 0 Å². The second-order valence-corrected chi connectivity index (χ2v) is 9.47. The van der Waals surface area contributed by atoms with Crippen LogP contribution in [0.3, 0.4) is 0 Å². The number of nitrogens with zero attached hydrogens (tertiary/aromatic N) is 2. The molecule has 0 saturated carbocycles. The van der Waals surface area contributed by atoms with Crippen LogP contribution in [0.15, 0.2) is 94.2 Å². The fourth-order valence-electron chi connectivity index (χ4n) is 4.21. The fourth-order valence-corrected chi connectivity index (χ4v) is 4.21. The van der Waals surface area contributed by atoms with Crippen molar-refractivity contribution in [3.8, 4) is 0 Å². The van der Waals surface area contributed by atoms with Crippen LogP contribution in [0, 0.1) is 27.7 Å². The molecule has 0 unspecified atom stereocenters. The van der Waals surface area contributed by atoms with E-state index < -0.39 is 0 Å². The number of para-hydroxylation sites is 2. The molecular formula is C32H38N4. The highest BCUT2D eigenvalue weighted by Gasteiger charge is 2.03. The topological polar surface area (TPSA) is 48.8 Å². The minimum absolute atomic E-state index is 0.962. The van der Waals surface area contributed by atoms with Gasteiger partial charge in [0.05, 0.1) is 11.4 Å². The Kier molecular flexibility index (Phi) is 9.02. The molecule has 186 valence electrons. The van der Waals surface area contributed by atoms with Crippen molar-refractivity contribution < 1.29 is 0 Å². The molecule has 3 rings (SSSR count). The van der Waals surface area contributed by atoms with Crippen LogP contribution in [0.1, 0.15) is 49.9 Å². The molecule has 0 amide bonds. The van der Waals surface area contributed by atoms with Crippen molar-refractivity contribution in [3.05, 3.63) is 106 Å². The highest BCUT2D eigenvalue weighted by atomic mass is 14.9. The summed E-state index contributed by atoms with van der Waals surface area (Å²) in [4.78, 5) is 9.67. The number of aliphatic imine (C=N–C) groups is 2. The summed E-state index contributed by atoms with van der Waals surface area (Å²) in [6.07, 6.45) is 4.15. The third-order valence-corrected chi connectivity index (χ3v) is 5.85. The van der Waals surface area contributed by atoms with Crippen LogP contribution in [0.25, 0.3) is 0 Å². The van der Waals surface area contributed by atoms with Gasteiger partial charge in [0.25, 0.3) is 0 Å². The average molecular weight is 479 g/mol. The molecule has 0 heterocycles. The summed E-state index contributed by atoms with van der Waals surface area (Å²) < 4.78 is 0. The molecule has 2 N–H and O–H groups in total. The van der Waals surface area contributed by atoms with Crippen molar-refractivity contribution in [2.24, 2.45) is 9.98 Å². The standard InChI is InChI=1S/C32H38N4/c1-21-12-9-13-22(2)31(21)35-27(7)18-25(5)33-29-16-11-17-30(20-29)34-26(6)19-28(8)36-32-23(3)14-10-15-24(32)4/h9-20,33-34H,1-8H3. The highest BCUT2D eigenvalue weighted by Crippen LogP contribution is 2.25. The first-order chi connectivity index (χ1) is 17.1. The Hall–Kier alpha value is -3.92. The van der Waals surface area contributed by atoms with Crippen molar-refractivity contribution in [1.29, 1.82) is 0 Å². The first kappa shape index (κ1) is 26.7. The predicted molar refractivity (Wildman–Crippen MR) is 159 cm³/mol. The van der Waals surface area contributed by atoms with Gasteiger partial charge < -0.3 is 10.6 Å². The zero-order valence-corrected chi connectivity index (χ0v) is 22.8. The molecule has 0 atom stereocenters. The van der Waals surface area contributed by atoms with Gasteiger partial charge in [-0.25, -0.2) is 0 Å². The van der Waals surface area contributed by atoms with Crippen LogP contribution in [0.5, 0.6) is 0 Å². The molecule has 0 aromatic heterocycles. The van der Waals surface area contributed by atoms with E-state index >= 15 is 0 Å². The van der Waals surface area contributed by atoms with E-state index in [1.165, 1.54) is 22.3 Å². The van der Waals surface area contributed by atoms with Crippen molar-refractivity contribution >= 4 is 34.2 Å². The average Bonchev–Trinajstić information content (AvgIpc) is 2.79. The number of benzene rings is 3. The summed E-state index contributed by atoms with van der Waals surface area (Å²) in [7, 11) is 0. The summed E-state index contributed by atoms with van der Waals surface area (Å²) in [5.74, 6) is 0. The highest BCUT2D eigenvalue weighted by molar-refractivity contribution is 5.96. The molecule has 0 aliphatic carbocycles. The van der Waals surface area contributed by atoms with Crippen LogP contribution in [0.4, 0.5) is 22.7 Å². The number of nitrogens with one attached hydrogen (secondary N) is 2. The third-order valence-electron chi connectivity index (χ3n) is 5.85. The van der Waals surface area contributed by atoms with Crippen LogP contribution < -0.4 is 10.6 Å². The largest absolute Gasteiger partial charge is 0.359 e. The van der Waals surface area contributed by atoms with E-state index in [1.54, 1.807) is 0 Å². The van der Waals surface area contributed by atoms with Gasteiger partial charge >= 0.3 is 0 Å². The maximum atomic E-state index is 4.83. The number of rotatable bonds is 8. The number of hydrogen-bond acceptors (Lipinski definition) is 4. The molecule has 0 fully saturated rings. The summed E-state index contributed by atoms with van der Waals surface area (Å²) in [6.45, 7) is 16.6. The number of allylic oxidation sites excluding steroid dienone is 4. The Bertz CT molecular complexity index is 1220. The molecule has 0 radical (unpaired) electrons. The van der Waals surface area contributed by atoms with E-state index in [0.29, 0.717) is 0 Å². The summed E-state index contributed by atoms with van der Waals surface area (Å²) in [5.41, 5.74) is 12.8. The van der Waals surface area contributed by atoms with Gasteiger partial charge in [0.15, 0.2) is 0 Å². The Morgan fingerprint density at radius 1 is 0.556 bits per heavy atom. The molecule has 36 heavy (non-hydrogen) atoms. The summed E-state index contributed by atoms with van der Waals surface area (Å²) >= 11 is 0. The normalized spacial score (nSPS) is 13.1. The van der Waals surface area contributed by atoms with Crippen LogP contribution in [0.2, 0.25) is 0 Å². The van der Waals surface area contributed by atoms with Crippen molar-refractivity contribution in [3.63, 3.8) is 0 Å². The summed E-state index contributed by atoms with van der Waals surface area (Å²) in [6, 6.07) is 20.8. The monoisotopic (exact) mass is 478 g/mol. The molecule has 3 aromatic carbocycles. The minimum atomic E-state index is 0.962. The van der Waals surface area contributed by atoms with Crippen LogP contribution >= 0.6 is 0 Å². The minimum Gasteiger partial charge on any atom is -0.359 e. The zero-order valence-electron chi connectivity index (χ0n) is 22.8. The van der Waals surface area contributed by atoms with Gasteiger partial charge in [0, 0.05) is 34.2 Å². The predicted octanol–water partition coefficient (Wildman–Crippen LogP) is 9.14. The zero-order chi connectivity index (χ0) is 26.2. The molecule has 0 saturated heterocycles. The summed E-state index contributed by atoms with van der Waals surface area (Å²) in [5, 5.41) is 6.97. The van der Waals surface area contributed by atoms with Crippen LogP contribution in [-0.4, -0.2) is 11.4 Å². The van der Waals surface area contributed by atoms with E-state index in [4.69, 9.17) is 9.98 Å². The molecule has 4 heteroatoms. The smallest absolute Gasteiger partial charge is 0.0691 e. The van der Waals surface area contributed by atoms with E-state index in [-0.39, 0.29) is 0 Å². The number of anilines is 2. The van der Waals surface area contributed by atoms with E-state index in [2.05, 4.69) is 119 Å². The lowest BCUT2D eigenvalue weighted by Gasteiger charge is -2.12. The van der Waals surface area contributed by atoms with E-state index in [9.17, 15) is 0 Å². The molecule has 3 aromatic rings. The first-order valence-electron chi connectivity index (χ1n) is 12.4. The second kappa shape index (κ2) is 12.2. The van der Waals surface area contributed by atoms with Gasteiger partial charge in [-0.15, -0.1) is 0 Å². The SMILES string of the molecule is CC(=CC(C)=Nc1c(C)cccc1C)Nc1cccc(NC(C)=CC(C)=Nc2c(C)cccc2C)c1. The lowest BCUT2D eigenvalue weighted by atomic mass is 10.1. The Balaban J connectivity index is 1.70. The Morgan fingerprint density at radius 2 is 0.889 bits per heavy atom. The second-order valence-electron chi connectivity index (χ2n) is 9.47. The van der Waals surface area contributed by atoms with Gasteiger partial charge in [-0.2, -0.15) is 0 Å². The van der Waals surface area contributed by atoms with Crippen LogP contribution in [-0.2, 0) is 0 Å². The van der Waals surface area contributed by atoms with Gasteiger partial charge in [0.1, 0.15) is 0 Å². The maximum Gasteiger partial charge on any atom is 0.0691 e. The quantitative estimate of drug-likeness (QED) is 0.317. The number of hydrogen-bond donors (Lipinski definition) is 2.